The van der Waals surface area contributed by atoms with Gasteiger partial charge in [0, 0.05) is 16.2 Å². The van der Waals surface area contributed by atoms with E-state index in [1.165, 1.54) is 19.2 Å². The summed E-state index contributed by atoms with van der Waals surface area (Å²) in [5.41, 5.74) is 0.797. The summed E-state index contributed by atoms with van der Waals surface area (Å²) < 4.78 is 5.14. The summed E-state index contributed by atoms with van der Waals surface area (Å²) in [5, 5.41) is 3.69. The van der Waals surface area contributed by atoms with Crippen LogP contribution in [-0.4, -0.2) is 23.0 Å². The van der Waals surface area contributed by atoms with Crippen LogP contribution in [0.4, 0.5) is 0 Å². The van der Waals surface area contributed by atoms with Crippen molar-refractivity contribution in [1.82, 2.24) is 10.3 Å². The number of esters is 1. The molecule has 1 amide bonds. The lowest BCUT2D eigenvalue weighted by Crippen LogP contribution is -2.37. The molecule has 0 radical (unpaired) electrons. The van der Waals surface area contributed by atoms with Crippen molar-refractivity contribution in [2.24, 2.45) is 0 Å². The molecule has 5 nitrogen and oxygen atoms in total. The monoisotopic (exact) mass is 400 g/mol. The van der Waals surface area contributed by atoms with Gasteiger partial charge >= 0.3 is 5.97 Å². The number of carbonyl (C=O) groups excluding carboxylic acids is 2. The Morgan fingerprint density at radius 2 is 1.88 bits per heavy atom. The third-order valence-electron chi connectivity index (χ3n) is 3.42. The highest BCUT2D eigenvalue weighted by molar-refractivity contribution is 6.35. The summed E-state index contributed by atoms with van der Waals surface area (Å²) in [5.74, 6) is -1.19. The highest BCUT2D eigenvalue weighted by atomic mass is 35.5. The molecule has 1 heterocycles. The molecule has 0 spiro atoms. The van der Waals surface area contributed by atoms with Crippen molar-refractivity contribution in [2.45, 2.75) is 26.0 Å². The first-order valence-electron chi connectivity index (χ1n) is 7.36. The van der Waals surface area contributed by atoms with Crippen LogP contribution < -0.4 is 5.32 Å². The molecule has 0 saturated carbocycles. The zero-order valence-electron chi connectivity index (χ0n) is 13.4. The van der Waals surface area contributed by atoms with Crippen molar-refractivity contribution in [3.05, 3.63) is 62.9 Å². The Bertz CT molecular complexity index is 798. The van der Waals surface area contributed by atoms with Crippen molar-refractivity contribution in [3.8, 4) is 0 Å². The Balaban J connectivity index is 2.00. The van der Waals surface area contributed by atoms with Crippen LogP contribution in [0.1, 0.15) is 35.8 Å². The van der Waals surface area contributed by atoms with Gasteiger partial charge in [-0.2, -0.15) is 0 Å². The van der Waals surface area contributed by atoms with Gasteiger partial charge in [0.2, 0.25) is 0 Å². The minimum atomic E-state index is -1.02. The standard InChI is InChI=1S/C17H15Cl3N2O3/c1-9(12-6-5-11(18)8-14(12)19)22-16(23)10(2)25-17(24)13-4-3-7-21-15(13)20/h3-10H,1-2H3,(H,22,23)/t9-,10+/m0/s1. The molecule has 0 aliphatic heterocycles. The number of rotatable bonds is 5. The molecule has 0 saturated heterocycles. The summed E-state index contributed by atoms with van der Waals surface area (Å²) in [7, 11) is 0. The molecule has 0 unspecified atom stereocenters. The number of amides is 1. The molecule has 132 valence electrons. The van der Waals surface area contributed by atoms with Gasteiger partial charge in [-0.25, -0.2) is 9.78 Å². The third-order valence-corrected chi connectivity index (χ3v) is 4.28. The first kappa shape index (κ1) is 19.5. The van der Waals surface area contributed by atoms with E-state index in [0.717, 1.165) is 0 Å². The van der Waals surface area contributed by atoms with Gasteiger partial charge < -0.3 is 10.1 Å². The fourth-order valence-electron chi connectivity index (χ4n) is 2.08. The van der Waals surface area contributed by atoms with Gasteiger partial charge in [-0.1, -0.05) is 40.9 Å². The van der Waals surface area contributed by atoms with E-state index in [-0.39, 0.29) is 16.8 Å². The van der Waals surface area contributed by atoms with Gasteiger partial charge in [0.1, 0.15) is 5.15 Å². The van der Waals surface area contributed by atoms with Gasteiger partial charge in [-0.15, -0.1) is 0 Å². The minimum absolute atomic E-state index is 0.0152. The van der Waals surface area contributed by atoms with Crippen molar-refractivity contribution >= 4 is 46.7 Å². The molecular weight excluding hydrogens is 387 g/mol. The van der Waals surface area contributed by atoms with Gasteiger partial charge in [0.15, 0.2) is 6.10 Å². The summed E-state index contributed by atoms with van der Waals surface area (Å²) in [6.07, 6.45) is 0.435. The molecule has 0 aliphatic rings. The Kier molecular flexibility index (Phi) is 6.64. The van der Waals surface area contributed by atoms with Crippen LogP contribution in [0.3, 0.4) is 0 Å². The van der Waals surface area contributed by atoms with E-state index in [9.17, 15) is 9.59 Å². The summed E-state index contributed by atoms with van der Waals surface area (Å²) >= 11 is 17.8. The van der Waals surface area contributed by atoms with Gasteiger partial charge in [-0.05, 0) is 43.7 Å². The topological polar surface area (TPSA) is 68.3 Å². The number of benzene rings is 1. The first-order chi connectivity index (χ1) is 11.8. The van der Waals surface area contributed by atoms with Crippen LogP contribution >= 0.6 is 34.8 Å². The van der Waals surface area contributed by atoms with Gasteiger partial charge in [0.25, 0.3) is 5.91 Å². The highest BCUT2D eigenvalue weighted by Crippen LogP contribution is 2.26. The van der Waals surface area contributed by atoms with Crippen LogP contribution in [0.25, 0.3) is 0 Å². The van der Waals surface area contributed by atoms with E-state index in [4.69, 9.17) is 39.5 Å². The predicted octanol–water partition coefficient (Wildman–Crippen LogP) is 4.46. The predicted molar refractivity (Wildman–Crippen MR) is 97.1 cm³/mol. The van der Waals surface area contributed by atoms with Crippen LogP contribution in [0.15, 0.2) is 36.5 Å². The van der Waals surface area contributed by atoms with E-state index >= 15 is 0 Å². The van der Waals surface area contributed by atoms with E-state index in [1.807, 2.05) is 0 Å². The molecule has 2 atom stereocenters. The molecule has 2 rings (SSSR count). The maximum Gasteiger partial charge on any atom is 0.342 e. The first-order valence-corrected chi connectivity index (χ1v) is 8.49. The quantitative estimate of drug-likeness (QED) is 0.593. The lowest BCUT2D eigenvalue weighted by Gasteiger charge is -2.19. The number of ether oxygens (including phenoxy) is 1. The minimum Gasteiger partial charge on any atom is -0.449 e. The zero-order valence-corrected chi connectivity index (χ0v) is 15.7. The lowest BCUT2D eigenvalue weighted by atomic mass is 10.1. The SMILES string of the molecule is C[C@H](NC(=O)[C@@H](C)OC(=O)c1cccnc1Cl)c1ccc(Cl)cc1Cl. The number of carbonyl (C=O) groups is 2. The lowest BCUT2D eigenvalue weighted by molar-refractivity contribution is -0.129. The van der Waals surface area contributed by atoms with E-state index < -0.39 is 18.0 Å². The zero-order chi connectivity index (χ0) is 18.6. The number of hydrogen-bond acceptors (Lipinski definition) is 4. The van der Waals surface area contributed by atoms with Crippen molar-refractivity contribution in [3.63, 3.8) is 0 Å². The van der Waals surface area contributed by atoms with Crippen molar-refractivity contribution < 1.29 is 14.3 Å². The fraction of sp³-hybridized carbons (Fsp3) is 0.235. The van der Waals surface area contributed by atoms with Crippen LogP contribution in [0, 0.1) is 0 Å². The number of nitrogens with zero attached hydrogens (tertiary/aromatic N) is 1. The van der Waals surface area contributed by atoms with Crippen molar-refractivity contribution in [1.29, 1.82) is 0 Å². The van der Waals surface area contributed by atoms with E-state index in [0.29, 0.717) is 15.6 Å². The molecule has 2 aromatic rings. The molecular formula is C17H15Cl3N2O3. The maximum absolute atomic E-state index is 12.3. The largest absolute Gasteiger partial charge is 0.449 e. The number of hydrogen-bond donors (Lipinski definition) is 1. The number of halogens is 3. The second-order valence-corrected chi connectivity index (χ2v) is 6.49. The molecule has 0 bridgehead atoms. The van der Waals surface area contributed by atoms with Crippen LogP contribution in [0.5, 0.6) is 0 Å². The molecule has 1 aromatic heterocycles. The Morgan fingerprint density at radius 1 is 1.16 bits per heavy atom. The Labute approximate surface area is 160 Å². The highest BCUT2D eigenvalue weighted by Gasteiger charge is 2.23. The van der Waals surface area contributed by atoms with Crippen LogP contribution in [-0.2, 0) is 9.53 Å². The number of nitrogens with one attached hydrogen (secondary N) is 1. The maximum atomic E-state index is 12.3. The van der Waals surface area contributed by atoms with Crippen molar-refractivity contribution in [2.75, 3.05) is 0 Å². The second kappa shape index (κ2) is 8.52. The van der Waals surface area contributed by atoms with Gasteiger partial charge in [0.05, 0.1) is 11.6 Å². The summed E-state index contributed by atoms with van der Waals surface area (Å²) in [4.78, 5) is 28.1. The third kappa shape index (κ3) is 5.08. The number of pyridine rings is 1. The normalized spacial score (nSPS) is 13.0. The summed E-state index contributed by atoms with van der Waals surface area (Å²) in [6, 6.07) is 7.63. The molecule has 0 aliphatic carbocycles. The van der Waals surface area contributed by atoms with E-state index in [1.54, 1.807) is 31.2 Å². The molecule has 1 aromatic carbocycles. The fourth-order valence-corrected chi connectivity index (χ4v) is 2.85. The van der Waals surface area contributed by atoms with Gasteiger partial charge in [-0.3, -0.25) is 4.79 Å². The molecule has 8 heteroatoms. The Morgan fingerprint density at radius 3 is 2.52 bits per heavy atom. The molecule has 25 heavy (non-hydrogen) atoms. The Hall–Kier alpha value is -1.82. The molecule has 1 N–H and O–H groups in total. The smallest absolute Gasteiger partial charge is 0.342 e. The van der Waals surface area contributed by atoms with Crippen LogP contribution in [0.2, 0.25) is 15.2 Å². The average Bonchev–Trinajstić information content (AvgIpc) is 2.54. The summed E-state index contributed by atoms with van der Waals surface area (Å²) in [6.45, 7) is 3.23. The average molecular weight is 402 g/mol. The van der Waals surface area contributed by atoms with E-state index in [2.05, 4.69) is 10.3 Å². The number of aromatic nitrogens is 1. The second-order valence-electron chi connectivity index (χ2n) is 5.29. The molecule has 0 fully saturated rings.